The molecule has 0 atom stereocenters. The molecule has 4 rings (SSSR count). The van der Waals surface area contributed by atoms with E-state index >= 15 is 0 Å². The molecule has 5 nitrogen and oxygen atoms in total. The second-order valence-electron chi connectivity index (χ2n) is 6.43. The first-order chi connectivity index (χ1) is 13.7. The van der Waals surface area contributed by atoms with Gasteiger partial charge in [-0.1, -0.05) is 36.4 Å². The molecule has 0 aliphatic rings. The Morgan fingerprint density at radius 1 is 0.964 bits per heavy atom. The highest BCUT2D eigenvalue weighted by molar-refractivity contribution is 7.81. The van der Waals surface area contributed by atoms with Crippen molar-refractivity contribution in [2.75, 3.05) is 16.4 Å². The van der Waals surface area contributed by atoms with E-state index in [2.05, 4.69) is 44.8 Å². The second-order valence-corrected chi connectivity index (χ2v) is 6.74. The fourth-order valence-corrected chi connectivity index (χ4v) is 3.21. The van der Waals surface area contributed by atoms with Gasteiger partial charge in [-0.3, -0.25) is 15.1 Å². The fourth-order valence-electron chi connectivity index (χ4n) is 3.13. The summed E-state index contributed by atoms with van der Waals surface area (Å²) in [6.45, 7) is 0.721. The van der Waals surface area contributed by atoms with E-state index in [1.54, 1.807) is 0 Å². The van der Waals surface area contributed by atoms with Gasteiger partial charge in [0.05, 0.1) is 18.5 Å². The summed E-state index contributed by atoms with van der Waals surface area (Å²) in [4.78, 5) is 15.0. The van der Waals surface area contributed by atoms with Crippen LogP contribution in [0.2, 0.25) is 0 Å². The molecule has 140 valence electrons. The van der Waals surface area contributed by atoms with Gasteiger partial charge in [0.15, 0.2) is 5.69 Å². The molecule has 0 saturated heterocycles. The van der Waals surface area contributed by atoms with E-state index in [0.717, 1.165) is 35.0 Å². The molecule has 1 amide bonds. The van der Waals surface area contributed by atoms with E-state index in [0.29, 0.717) is 0 Å². The van der Waals surface area contributed by atoms with Crippen molar-refractivity contribution in [3.8, 4) is 11.3 Å². The highest BCUT2D eigenvalue weighted by Crippen LogP contribution is 2.26. The molecule has 2 heterocycles. The van der Waals surface area contributed by atoms with Crippen LogP contribution in [0, 0.1) is 0 Å². The summed E-state index contributed by atoms with van der Waals surface area (Å²) >= 11 is 3.99. The Morgan fingerprint density at radius 2 is 1.71 bits per heavy atom. The minimum absolute atomic E-state index is 0.123. The molecule has 3 N–H and O–H groups in total. The van der Waals surface area contributed by atoms with Crippen molar-refractivity contribution >= 4 is 35.7 Å². The molecule has 0 bridgehead atoms. The number of thiol groups is 1. The Bertz CT molecular complexity index is 1090. The lowest BCUT2D eigenvalue weighted by Gasteiger charge is -2.05. The number of nitrogens with one attached hydrogen (secondary N) is 3. The normalized spacial score (nSPS) is 10.8. The van der Waals surface area contributed by atoms with Gasteiger partial charge in [-0.25, -0.2) is 4.40 Å². The van der Waals surface area contributed by atoms with Crippen LogP contribution in [0.4, 0.5) is 11.5 Å². The zero-order valence-corrected chi connectivity index (χ0v) is 16.1. The number of hydrogen-bond donors (Lipinski definition) is 4. The molecule has 28 heavy (non-hydrogen) atoms. The van der Waals surface area contributed by atoms with Crippen LogP contribution in [0.5, 0.6) is 0 Å². The zero-order chi connectivity index (χ0) is 19.3. The molecule has 0 aliphatic heterocycles. The van der Waals surface area contributed by atoms with Crippen molar-refractivity contribution in [2.24, 2.45) is 0 Å². The maximum Gasteiger partial charge on any atom is 0.266 e. The quantitative estimate of drug-likeness (QED) is 0.299. The minimum atomic E-state index is -0.123. The Labute approximate surface area is 168 Å². The van der Waals surface area contributed by atoms with Gasteiger partial charge in [0.2, 0.25) is 11.6 Å². The molecular weight excluding hydrogens is 368 g/mol. The number of benzene rings is 2. The number of carbonyl (C=O) groups is 1. The number of imidazole rings is 1. The van der Waals surface area contributed by atoms with Crippen molar-refractivity contribution < 1.29 is 9.20 Å². The number of carbonyl (C=O) groups excluding carboxylic acids is 1. The molecule has 0 spiro atoms. The Hall–Kier alpha value is -3.25. The number of pyridine rings is 1. The number of rotatable bonds is 6. The maximum atomic E-state index is 11.5. The predicted octanol–water partition coefficient (Wildman–Crippen LogP) is 3.90. The number of H-pyrrole nitrogens is 1. The van der Waals surface area contributed by atoms with Crippen molar-refractivity contribution in [1.29, 1.82) is 0 Å². The summed E-state index contributed by atoms with van der Waals surface area (Å²) in [7, 11) is 0. The van der Waals surface area contributed by atoms with Gasteiger partial charge in [-0.15, -0.1) is 0 Å². The average Bonchev–Trinajstić information content (AvgIpc) is 3.12. The molecule has 2 aromatic heterocycles. The summed E-state index contributed by atoms with van der Waals surface area (Å²) in [5.41, 5.74) is 4.99. The summed E-state index contributed by atoms with van der Waals surface area (Å²) in [6.07, 6.45) is 2.03. The molecule has 0 radical (unpaired) electrons. The van der Waals surface area contributed by atoms with Crippen LogP contribution in [-0.4, -0.2) is 16.6 Å². The molecular formula is C22H21N4OS+. The third-order valence-electron chi connectivity index (χ3n) is 4.49. The van der Waals surface area contributed by atoms with E-state index in [-0.39, 0.29) is 11.7 Å². The Morgan fingerprint density at radius 3 is 2.46 bits per heavy atom. The van der Waals surface area contributed by atoms with Gasteiger partial charge >= 0.3 is 0 Å². The van der Waals surface area contributed by atoms with Crippen LogP contribution in [0.15, 0.2) is 79.0 Å². The van der Waals surface area contributed by atoms with Gasteiger partial charge < -0.3 is 5.32 Å². The van der Waals surface area contributed by atoms with Crippen LogP contribution < -0.4 is 15.0 Å². The number of hydrogen-bond acceptors (Lipinski definition) is 3. The lowest BCUT2D eigenvalue weighted by Crippen LogP contribution is -2.23. The van der Waals surface area contributed by atoms with Gasteiger partial charge in [-0.2, -0.15) is 12.6 Å². The van der Waals surface area contributed by atoms with Gasteiger partial charge in [0.1, 0.15) is 0 Å². The van der Waals surface area contributed by atoms with E-state index in [1.807, 2.05) is 66.9 Å². The van der Waals surface area contributed by atoms with Crippen LogP contribution in [0.1, 0.15) is 5.56 Å². The van der Waals surface area contributed by atoms with Crippen LogP contribution >= 0.6 is 12.6 Å². The molecule has 0 fully saturated rings. The topological polar surface area (TPSA) is 61.0 Å². The lowest BCUT2D eigenvalue weighted by molar-refractivity contribution is -0.494. The monoisotopic (exact) mass is 389 g/mol. The summed E-state index contributed by atoms with van der Waals surface area (Å²) < 4.78 is 2.11. The first kappa shape index (κ1) is 18.1. The highest BCUT2D eigenvalue weighted by atomic mass is 32.1. The van der Waals surface area contributed by atoms with Crippen molar-refractivity contribution in [1.82, 2.24) is 4.98 Å². The zero-order valence-electron chi connectivity index (χ0n) is 15.2. The SMILES string of the molecule is O=C(CS)Nc1ccc(-c2[nH]c3cccc[n+]3c2NCc2ccccc2)cc1. The van der Waals surface area contributed by atoms with Gasteiger partial charge in [0, 0.05) is 17.3 Å². The molecule has 2 aromatic carbocycles. The third kappa shape index (κ3) is 3.87. The summed E-state index contributed by atoms with van der Waals surface area (Å²) in [5.74, 6) is 1.03. The largest absolute Gasteiger partial charge is 0.325 e. The smallest absolute Gasteiger partial charge is 0.266 e. The van der Waals surface area contributed by atoms with E-state index in [1.165, 1.54) is 5.56 Å². The number of aromatic amines is 1. The molecule has 0 saturated carbocycles. The molecule has 6 heteroatoms. The molecule has 0 aliphatic carbocycles. The maximum absolute atomic E-state index is 11.5. The number of amides is 1. The number of nitrogens with zero attached hydrogens (tertiary/aromatic N) is 1. The Kier molecular flexibility index (Phi) is 5.30. The van der Waals surface area contributed by atoms with E-state index in [9.17, 15) is 4.79 Å². The minimum Gasteiger partial charge on any atom is -0.325 e. The molecule has 4 aromatic rings. The van der Waals surface area contributed by atoms with Crippen molar-refractivity contribution in [3.63, 3.8) is 0 Å². The molecule has 0 unspecified atom stereocenters. The summed E-state index contributed by atoms with van der Waals surface area (Å²) in [5, 5.41) is 6.37. The number of anilines is 2. The van der Waals surface area contributed by atoms with E-state index in [4.69, 9.17) is 0 Å². The highest BCUT2D eigenvalue weighted by Gasteiger charge is 2.19. The number of aromatic nitrogens is 2. The van der Waals surface area contributed by atoms with Crippen molar-refractivity contribution in [3.05, 3.63) is 84.6 Å². The van der Waals surface area contributed by atoms with E-state index < -0.39 is 0 Å². The standard InChI is InChI=1S/C22H20N4OS/c27-20(15-28)24-18-11-9-17(10-12-18)21-22(23-14-16-6-2-1-3-7-16)26-13-5-4-8-19(26)25-21/h1-13,23H,14-15H2,(H2,24,27,28)/p+1. The van der Waals surface area contributed by atoms with Gasteiger partial charge in [0.25, 0.3) is 5.82 Å². The first-order valence-electron chi connectivity index (χ1n) is 9.06. The summed E-state index contributed by atoms with van der Waals surface area (Å²) in [6, 6.07) is 24.1. The van der Waals surface area contributed by atoms with Crippen LogP contribution in [0.25, 0.3) is 16.9 Å². The Balaban J connectivity index is 1.67. The predicted molar refractivity (Wildman–Crippen MR) is 116 cm³/mol. The van der Waals surface area contributed by atoms with Crippen LogP contribution in [0.3, 0.4) is 0 Å². The fraction of sp³-hybridized carbons (Fsp3) is 0.0909. The van der Waals surface area contributed by atoms with Crippen LogP contribution in [-0.2, 0) is 11.3 Å². The lowest BCUT2D eigenvalue weighted by atomic mass is 10.1. The number of fused-ring (bicyclic) bond motifs is 1. The third-order valence-corrected chi connectivity index (χ3v) is 4.78. The average molecular weight is 390 g/mol. The second kappa shape index (κ2) is 8.19. The van der Waals surface area contributed by atoms with Crippen molar-refractivity contribution in [2.45, 2.75) is 6.54 Å². The van der Waals surface area contributed by atoms with Gasteiger partial charge in [-0.05, 0) is 35.9 Å². The first-order valence-corrected chi connectivity index (χ1v) is 9.69.